The molecule has 0 spiro atoms. The number of nitriles is 4. The molecule has 0 unspecified atom stereocenters. The van der Waals surface area contributed by atoms with Gasteiger partial charge in [0, 0.05) is 33.8 Å². The van der Waals surface area contributed by atoms with E-state index in [1.807, 2.05) is 24.3 Å². The Morgan fingerprint density at radius 3 is 1.32 bits per heavy atom. The van der Waals surface area contributed by atoms with Gasteiger partial charge in [0.15, 0.2) is 21.2 Å². The maximum Gasteiger partial charge on any atom is 0.334 e. The van der Waals surface area contributed by atoms with Crippen LogP contribution in [0.2, 0.25) is 0 Å². The summed E-state index contributed by atoms with van der Waals surface area (Å²) < 4.78 is 27.0. The normalized spacial score (nSPS) is 16.4. The molecule has 2 saturated heterocycles. The van der Waals surface area contributed by atoms with Crippen molar-refractivity contribution in [2.24, 2.45) is 15.4 Å². The lowest BCUT2D eigenvalue weighted by atomic mass is 9.77. The summed E-state index contributed by atoms with van der Waals surface area (Å²) in [5, 5.41) is 39.6. The molecule has 418 valence electrons. The zero-order valence-corrected chi connectivity index (χ0v) is 48.7. The quantitative estimate of drug-likeness (QED) is 0.0377. The Bertz CT molecular complexity index is 4220. The summed E-state index contributed by atoms with van der Waals surface area (Å²) in [6, 6.07) is 43.7. The number of fused-ring (bicyclic) bond motifs is 6. The minimum Gasteiger partial charge on any atom is -0.459 e. The van der Waals surface area contributed by atoms with Crippen molar-refractivity contribution in [1.29, 1.82) is 21.0 Å². The maximum atomic E-state index is 16.1. The van der Waals surface area contributed by atoms with E-state index in [0.29, 0.717) is 57.8 Å². The zero-order chi connectivity index (χ0) is 59.6. The second-order valence-electron chi connectivity index (χ2n) is 18.9. The van der Waals surface area contributed by atoms with Gasteiger partial charge in [-0.2, -0.15) is 21.0 Å². The Balaban J connectivity index is 1.19. The summed E-state index contributed by atoms with van der Waals surface area (Å²) in [6.07, 6.45) is 1.23. The lowest BCUT2D eigenvalue weighted by Gasteiger charge is -2.29. The third kappa shape index (κ3) is 9.87. The number of thioether (sulfide) groups is 2. The predicted molar refractivity (Wildman–Crippen MR) is 320 cm³/mol. The first-order valence-electron chi connectivity index (χ1n) is 25.9. The third-order valence-corrected chi connectivity index (χ3v) is 20.0. The Morgan fingerprint density at radius 1 is 0.518 bits per heavy atom. The van der Waals surface area contributed by atoms with Crippen molar-refractivity contribution in [2.75, 3.05) is 13.1 Å². The highest BCUT2D eigenvalue weighted by atomic mass is 32.2. The molecule has 5 heterocycles. The first-order chi connectivity index (χ1) is 41.3. The van der Waals surface area contributed by atoms with Crippen molar-refractivity contribution >= 4 is 133 Å². The van der Waals surface area contributed by atoms with Crippen molar-refractivity contribution in [1.82, 2.24) is 9.80 Å². The second-order valence-corrected chi connectivity index (χ2v) is 23.9. The lowest BCUT2D eigenvalue weighted by molar-refractivity contribution is -0.167. The van der Waals surface area contributed by atoms with Crippen LogP contribution in [0.3, 0.4) is 0 Å². The minimum absolute atomic E-state index is 0.00819. The standard InChI is InChI=1S/C62H40N8O10S5/c1-3-69-53(71)51(84-55(69)39(27-63)28-64)67-43-25-41-45(62(43,59(75)79-33-37-21-13-7-14-22-37)60(76)80-34-38-23-15-8-16-24-38)48-46(61(41,57(73)77-31-35-17-9-5-10-18-35)58(74)78-32-36-19-11-6-12-20-36)49-50(83-48)47-42(81-49)26-44(82-47)68-52-54(72)70(4-2)56(85-52)40(29-65)30-66/h5-26H,3-4,31-34H2,1-2H3/b67-51-,68-52-. The van der Waals surface area contributed by atoms with Crippen LogP contribution in [0, 0.1) is 50.7 Å². The van der Waals surface area contributed by atoms with Crippen LogP contribution in [0.1, 0.15) is 46.5 Å². The largest absolute Gasteiger partial charge is 0.459 e. The highest BCUT2D eigenvalue weighted by Gasteiger charge is 2.71. The van der Waals surface area contributed by atoms with Crippen LogP contribution in [-0.4, -0.2) is 68.7 Å². The highest BCUT2D eigenvalue weighted by Crippen LogP contribution is 2.67. The summed E-state index contributed by atoms with van der Waals surface area (Å²) in [4.78, 5) is 105. The smallest absolute Gasteiger partial charge is 0.334 e. The number of ether oxygens (including phenoxy) is 4. The van der Waals surface area contributed by atoms with Crippen molar-refractivity contribution in [2.45, 2.75) is 45.7 Å². The number of carbonyl (C=O) groups excluding carboxylic acids is 6. The number of allylic oxidation sites excluding steroid dienone is 3. The number of aliphatic imine (C=N–C) groups is 2. The molecular weight excluding hydrogens is 1180 g/mol. The fourth-order valence-corrected chi connectivity index (χ4v) is 16.6. The second kappa shape index (κ2) is 23.9. The van der Waals surface area contributed by atoms with Gasteiger partial charge in [-0.3, -0.25) is 38.6 Å². The Morgan fingerprint density at radius 2 is 0.918 bits per heavy atom. The number of nitrogens with zero attached hydrogens (tertiary/aromatic N) is 8. The van der Waals surface area contributed by atoms with Gasteiger partial charge in [0.2, 0.25) is 10.8 Å². The van der Waals surface area contributed by atoms with Crippen molar-refractivity contribution in [3.63, 3.8) is 0 Å². The molecule has 0 radical (unpaired) electrons. The minimum atomic E-state index is -2.87. The topological polar surface area (TPSA) is 266 Å². The van der Waals surface area contributed by atoms with Gasteiger partial charge in [0.05, 0.1) is 19.8 Å². The highest BCUT2D eigenvalue weighted by molar-refractivity contribution is 8.20. The molecule has 3 aromatic heterocycles. The van der Waals surface area contributed by atoms with E-state index in [9.17, 15) is 30.6 Å². The van der Waals surface area contributed by atoms with E-state index in [2.05, 4.69) is 0 Å². The molecule has 4 aliphatic rings. The van der Waals surface area contributed by atoms with Crippen LogP contribution in [0.4, 0.5) is 5.00 Å². The number of carbonyl (C=O) groups is 6. The van der Waals surface area contributed by atoms with Crippen LogP contribution in [0.15, 0.2) is 176 Å². The van der Waals surface area contributed by atoms with E-state index in [1.165, 1.54) is 11.0 Å². The van der Waals surface area contributed by atoms with Crippen LogP contribution in [0.5, 0.6) is 0 Å². The first-order valence-corrected chi connectivity index (χ1v) is 30.0. The van der Waals surface area contributed by atoms with Gasteiger partial charge in [-0.15, -0.1) is 34.0 Å². The molecule has 0 N–H and O–H groups in total. The van der Waals surface area contributed by atoms with Crippen molar-refractivity contribution in [3.05, 3.63) is 199 Å². The van der Waals surface area contributed by atoms with E-state index in [-0.39, 0.29) is 73.6 Å². The summed E-state index contributed by atoms with van der Waals surface area (Å²) in [7, 11) is 0. The number of hydrogen-bond acceptors (Lipinski definition) is 21. The predicted octanol–water partition coefficient (Wildman–Crippen LogP) is 11.2. The molecule has 2 amide bonds. The van der Waals surface area contributed by atoms with Crippen molar-refractivity contribution < 1.29 is 47.7 Å². The number of hydrogen-bond donors (Lipinski definition) is 0. The summed E-state index contributed by atoms with van der Waals surface area (Å²) >= 11 is 4.92. The van der Waals surface area contributed by atoms with Gasteiger partial charge in [-0.05, 0) is 77.3 Å². The number of esters is 4. The van der Waals surface area contributed by atoms with Gasteiger partial charge in [-0.1, -0.05) is 121 Å². The van der Waals surface area contributed by atoms with Crippen LogP contribution in [0.25, 0.3) is 24.4 Å². The maximum absolute atomic E-state index is 16.1. The van der Waals surface area contributed by atoms with Gasteiger partial charge in [-0.25, -0.2) is 9.98 Å². The molecule has 7 aromatic rings. The zero-order valence-electron chi connectivity index (χ0n) is 44.6. The molecule has 0 saturated carbocycles. The Kier molecular flexibility index (Phi) is 16.0. The molecule has 4 aromatic carbocycles. The van der Waals surface area contributed by atoms with Gasteiger partial charge < -0.3 is 18.9 Å². The van der Waals surface area contributed by atoms with E-state index in [4.69, 9.17) is 28.9 Å². The molecule has 2 fully saturated rings. The van der Waals surface area contributed by atoms with Gasteiger partial charge in [0.1, 0.15) is 65.8 Å². The summed E-state index contributed by atoms with van der Waals surface area (Å²) in [6.45, 7) is 1.93. The van der Waals surface area contributed by atoms with Crippen LogP contribution in [-0.2, 0) is 79.6 Å². The number of benzene rings is 4. The average Bonchev–Trinajstić information content (AvgIpc) is 1.50. The van der Waals surface area contributed by atoms with E-state index < -0.39 is 71.0 Å². The SMILES string of the molecule is CCN1C(=O)/C(=N/C2=CC3=C(c4sc5c(sc6cc(/N=C7\SC(=C(C#N)C#N)N(CC)C7=O)sc65)c4C3(C(=O)OCc3ccccc3)C(=O)OCc3ccccc3)C2(C(=O)OCc2ccccc2)C(=O)OCc2ccccc2)SC1=C(C#N)C#N. The van der Waals surface area contributed by atoms with Crippen molar-refractivity contribution in [3.8, 4) is 24.3 Å². The molecular formula is C62H40N8O10S5. The Labute approximate surface area is 505 Å². The molecule has 11 rings (SSSR count). The molecule has 0 bridgehead atoms. The fourth-order valence-electron chi connectivity index (χ4n) is 10.1. The summed E-state index contributed by atoms with van der Waals surface area (Å²) in [5.74, 6) is -6.15. The molecule has 23 heteroatoms. The molecule has 18 nitrogen and oxygen atoms in total. The van der Waals surface area contributed by atoms with Gasteiger partial charge in [0.25, 0.3) is 11.8 Å². The fraction of sp³-hybridized carbons (Fsp3) is 0.161. The molecule has 2 aliphatic heterocycles. The monoisotopic (exact) mass is 1220 g/mol. The number of amides is 2. The lowest BCUT2D eigenvalue weighted by Crippen LogP contribution is -2.46. The molecule has 85 heavy (non-hydrogen) atoms. The first kappa shape index (κ1) is 57.1. The Hall–Kier alpha value is -9.72. The molecule has 0 atom stereocenters. The van der Waals surface area contributed by atoms with Crippen LogP contribution >= 0.6 is 57.5 Å². The van der Waals surface area contributed by atoms with E-state index >= 15 is 19.2 Å². The number of rotatable bonds is 16. The van der Waals surface area contributed by atoms with E-state index in [1.54, 1.807) is 141 Å². The summed E-state index contributed by atoms with van der Waals surface area (Å²) in [5.41, 5.74) is -5.08. The van der Waals surface area contributed by atoms with Crippen LogP contribution < -0.4 is 0 Å². The number of thiophene rings is 3. The third-order valence-electron chi connectivity index (χ3n) is 14.0. The average molecular weight is 1220 g/mol. The molecule has 2 aliphatic carbocycles. The van der Waals surface area contributed by atoms with Gasteiger partial charge >= 0.3 is 23.9 Å². The van der Waals surface area contributed by atoms with E-state index in [0.717, 1.165) is 50.7 Å².